The quantitative estimate of drug-likeness (QED) is 0.874. The van der Waals surface area contributed by atoms with Crippen LogP contribution in [0.3, 0.4) is 0 Å². The van der Waals surface area contributed by atoms with E-state index in [1.807, 2.05) is 13.8 Å². The van der Waals surface area contributed by atoms with Crippen LogP contribution < -0.4 is 0 Å². The molecule has 5 heteroatoms. The van der Waals surface area contributed by atoms with Crippen molar-refractivity contribution in [1.29, 1.82) is 0 Å². The van der Waals surface area contributed by atoms with Crippen LogP contribution in [0, 0.1) is 5.92 Å². The average molecular weight is 261 g/mol. The summed E-state index contributed by atoms with van der Waals surface area (Å²) < 4.78 is 0.845. The van der Waals surface area contributed by atoms with Gasteiger partial charge in [0.05, 0.1) is 22.8 Å². The molecule has 1 aromatic heterocycles. The number of hydrogen-bond acceptors (Lipinski definition) is 2. The monoisotopic (exact) mass is 260 g/mol. The molecule has 1 unspecified atom stereocenters. The zero-order chi connectivity index (χ0) is 10.7. The van der Waals surface area contributed by atoms with Gasteiger partial charge in [0, 0.05) is 5.92 Å². The highest BCUT2D eigenvalue weighted by atomic mass is 79.9. The molecule has 0 spiro atoms. The van der Waals surface area contributed by atoms with Crippen molar-refractivity contribution in [2.24, 2.45) is 5.92 Å². The molecule has 0 amide bonds. The van der Waals surface area contributed by atoms with Crippen molar-refractivity contribution >= 4 is 21.9 Å². The van der Waals surface area contributed by atoms with Crippen molar-refractivity contribution in [3.05, 3.63) is 16.4 Å². The third-order valence-electron chi connectivity index (χ3n) is 2.19. The number of carboxylic acid groups (broad SMARTS) is 1. The molecule has 1 rings (SSSR count). The molecule has 0 fully saturated rings. The largest absolute Gasteiger partial charge is 0.481 e. The number of aromatic nitrogens is 2. The number of aromatic amines is 1. The van der Waals surface area contributed by atoms with Crippen LogP contribution in [0.25, 0.3) is 0 Å². The molecule has 0 radical (unpaired) electrons. The van der Waals surface area contributed by atoms with Crippen molar-refractivity contribution in [3.8, 4) is 0 Å². The number of H-pyrrole nitrogens is 1. The van der Waals surface area contributed by atoms with E-state index in [4.69, 9.17) is 5.11 Å². The number of carboxylic acids is 1. The Balaban J connectivity index is 2.88. The van der Waals surface area contributed by atoms with Gasteiger partial charge in [-0.05, 0) is 21.8 Å². The molecule has 0 aliphatic carbocycles. The summed E-state index contributed by atoms with van der Waals surface area (Å²) in [5.74, 6) is -0.544. The van der Waals surface area contributed by atoms with E-state index in [0.717, 1.165) is 10.2 Å². The van der Waals surface area contributed by atoms with Crippen LogP contribution >= 0.6 is 15.9 Å². The molecule has 0 aliphatic rings. The second-order valence-electron chi connectivity index (χ2n) is 3.58. The van der Waals surface area contributed by atoms with Crippen molar-refractivity contribution in [2.45, 2.75) is 26.2 Å². The fourth-order valence-electron chi connectivity index (χ4n) is 1.40. The van der Waals surface area contributed by atoms with Gasteiger partial charge >= 0.3 is 5.97 Å². The molecule has 78 valence electrons. The molecule has 1 heterocycles. The zero-order valence-corrected chi connectivity index (χ0v) is 9.71. The lowest BCUT2D eigenvalue weighted by Gasteiger charge is -2.17. The molecule has 4 nitrogen and oxygen atoms in total. The van der Waals surface area contributed by atoms with E-state index in [1.165, 1.54) is 0 Å². The van der Waals surface area contributed by atoms with E-state index in [1.54, 1.807) is 6.20 Å². The molecule has 2 N–H and O–H groups in total. The van der Waals surface area contributed by atoms with Crippen LogP contribution in [0.2, 0.25) is 0 Å². The number of hydrogen-bond donors (Lipinski definition) is 2. The number of aliphatic carboxylic acids is 1. The van der Waals surface area contributed by atoms with Crippen molar-refractivity contribution < 1.29 is 9.90 Å². The zero-order valence-electron chi connectivity index (χ0n) is 8.12. The average Bonchev–Trinajstić information content (AvgIpc) is 2.46. The molecule has 0 saturated heterocycles. The van der Waals surface area contributed by atoms with Crippen LogP contribution in [-0.4, -0.2) is 21.3 Å². The van der Waals surface area contributed by atoms with Gasteiger partial charge in [0.1, 0.15) is 0 Å². The van der Waals surface area contributed by atoms with Crippen LogP contribution in [0.4, 0.5) is 0 Å². The first-order valence-electron chi connectivity index (χ1n) is 4.43. The summed E-state index contributed by atoms with van der Waals surface area (Å²) in [5.41, 5.74) is 0.863. The minimum atomic E-state index is -0.787. The maximum atomic E-state index is 10.7. The smallest absolute Gasteiger partial charge is 0.304 e. The second-order valence-corrected chi connectivity index (χ2v) is 4.43. The van der Waals surface area contributed by atoms with E-state index in [2.05, 4.69) is 26.1 Å². The highest BCUT2D eigenvalue weighted by Crippen LogP contribution is 2.31. The number of nitrogens with one attached hydrogen (secondary N) is 1. The molecule has 0 saturated carbocycles. The fraction of sp³-hybridized carbons (Fsp3) is 0.556. The summed E-state index contributed by atoms with van der Waals surface area (Å²) in [6, 6.07) is 0. The van der Waals surface area contributed by atoms with Gasteiger partial charge in [-0.1, -0.05) is 13.8 Å². The predicted octanol–water partition coefficient (Wildman–Crippen LogP) is 2.39. The number of rotatable bonds is 4. The Hall–Kier alpha value is -0.840. The fourth-order valence-corrected chi connectivity index (χ4v) is 1.89. The van der Waals surface area contributed by atoms with Gasteiger partial charge in [0.2, 0.25) is 0 Å². The summed E-state index contributed by atoms with van der Waals surface area (Å²) in [6.07, 6.45) is 1.77. The lowest BCUT2D eigenvalue weighted by Crippen LogP contribution is -2.13. The second kappa shape index (κ2) is 4.59. The molecule has 1 aromatic rings. The van der Waals surface area contributed by atoms with E-state index >= 15 is 0 Å². The van der Waals surface area contributed by atoms with E-state index in [-0.39, 0.29) is 18.3 Å². The maximum Gasteiger partial charge on any atom is 0.304 e. The maximum absolute atomic E-state index is 10.7. The first-order valence-corrected chi connectivity index (χ1v) is 5.22. The molecule has 1 atom stereocenters. The summed E-state index contributed by atoms with van der Waals surface area (Å²) in [6.45, 7) is 4.00. The Bertz CT molecular complexity index is 322. The van der Waals surface area contributed by atoms with E-state index in [9.17, 15) is 4.79 Å². The molecule has 0 aliphatic heterocycles. The topological polar surface area (TPSA) is 66.0 Å². The lowest BCUT2D eigenvalue weighted by atomic mass is 9.90. The van der Waals surface area contributed by atoms with Gasteiger partial charge in [-0.2, -0.15) is 5.10 Å². The Kier molecular flexibility index (Phi) is 3.69. The van der Waals surface area contributed by atoms with Gasteiger partial charge in [0.25, 0.3) is 0 Å². The van der Waals surface area contributed by atoms with E-state index < -0.39 is 5.97 Å². The molecule has 14 heavy (non-hydrogen) atoms. The van der Waals surface area contributed by atoms with Gasteiger partial charge in [-0.15, -0.1) is 0 Å². The van der Waals surface area contributed by atoms with E-state index in [0.29, 0.717) is 0 Å². The van der Waals surface area contributed by atoms with Gasteiger partial charge in [-0.25, -0.2) is 0 Å². The third kappa shape index (κ3) is 2.57. The molecular weight excluding hydrogens is 248 g/mol. The SMILES string of the molecule is CC(C)C(CC(=O)O)c1[nH]ncc1Br. The number of carbonyl (C=O) groups is 1. The van der Waals surface area contributed by atoms with Crippen LogP contribution in [0.5, 0.6) is 0 Å². The Morgan fingerprint density at radius 3 is 2.71 bits per heavy atom. The van der Waals surface area contributed by atoms with Gasteiger partial charge in [0.15, 0.2) is 0 Å². The van der Waals surface area contributed by atoms with Gasteiger partial charge in [-0.3, -0.25) is 9.89 Å². The summed E-state index contributed by atoms with van der Waals surface area (Å²) in [4.78, 5) is 10.7. The minimum Gasteiger partial charge on any atom is -0.481 e. The number of nitrogens with zero attached hydrogens (tertiary/aromatic N) is 1. The standard InChI is InChI=1S/C9H13BrN2O2/c1-5(2)6(3-8(13)14)9-7(10)4-11-12-9/h4-6H,3H2,1-2H3,(H,11,12)(H,13,14). The van der Waals surface area contributed by atoms with Crippen LogP contribution in [0.15, 0.2) is 10.7 Å². The van der Waals surface area contributed by atoms with Gasteiger partial charge < -0.3 is 5.11 Å². The molecular formula is C9H13BrN2O2. The minimum absolute atomic E-state index is 0.0237. The first-order chi connectivity index (χ1) is 6.52. The summed E-state index contributed by atoms with van der Waals surface area (Å²) in [7, 11) is 0. The van der Waals surface area contributed by atoms with Crippen molar-refractivity contribution in [2.75, 3.05) is 0 Å². The highest BCUT2D eigenvalue weighted by Gasteiger charge is 2.22. The summed E-state index contributed by atoms with van der Waals surface area (Å²) >= 11 is 3.34. The number of halogens is 1. The summed E-state index contributed by atoms with van der Waals surface area (Å²) in [5, 5.41) is 15.5. The molecule has 0 bridgehead atoms. The van der Waals surface area contributed by atoms with Crippen LogP contribution in [-0.2, 0) is 4.79 Å². The molecule has 0 aromatic carbocycles. The predicted molar refractivity (Wildman–Crippen MR) is 56.1 cm³/mol. The Labute approximate surface area is 90.8 Å². The third-order valence-corrected chi connectivity index (χ3v) is 2.82. The lowest BCUT2D eigenvalue weighted by molar-refractivity contribution is -0.137. The Morgan fingerprint density at radius 1 is 1.71 bits per heavy atom. The normalized spacial score (nSPS) is 13.1. The highest BCUT2D eigenvalue weighted by molar-refractivity contribution is 9.10. The van der Waals surface area contributed by atoms with Crippen molar-refractivity contribution in [1.82, 2.24) is 10.2 Å². The first kappa shape index (κ1) is 11.2. The van der Waals surface area contributed by atoms with Crippen LogP contribution in [0.1, 0.15) is 31.9 Å². The Morgan fingerprint density at radius 2 is 2.36 bits per heavy atom. The van der Waals surface area contributed by atoms with Crippen molar-refractivity contribution in [3.63, 3.8) is 0 Å².